The van der Waals surface area contributed by atoms with E-state index in [1.165, 1.54) is 0 Å². The van der Waals surface area contributed by atoms with E-state index < -0.39 is 36.4 Å². The summed E-state index contributed by atoms with van der Waals surface area (Å²) in [7, 11) is 0. The van der Waals surface area contributed by atoms with E-state index in [2.05, 4.69) is 15.7 Å². The zero-order valence-electron chi connectivity index (χ0n) is 19.5. The first-order valence-electron chi connectivity index (χ1n) is 11.5. The number of nitrogens with zero attached hydrogens (tertiary/aromatic N) is 3. The summed E-state index contributed by atoms with van der Waals surface area (Å²) in [5.41, 5.74) is 12.5. The number of rotatable bonds is 5. The van der Waals surface area contributed by atoms with Gasteiger partial charge in [-0.3, -0.25) is 26.0 Å². The number of anilines is 1. The van der Waals surface area contributed by atoms with Crippen LogP contribution in [0.2, 0.25) is 0 Å². The number of hydrazine groups is 1. The molecule has 2 aliphatic rings. The van der Waals surface area contributed by atoms with Crippen LogP contribution in [-0.4, -0.2) is 56.3 Å². The highest BCUT2D eigenvalue weighted by molar-refractivity contribution is 6.04. The highest BCUT2D eigenvalue weighted by Gasteiger charge is 2.42. The smallest absolute Gasteiger partial charge is 0.257 e. The van der Waals surface area contributed by atoms with E-state index in [1.54, 1.807) is 42.1 Å². The van der Waals surface area contributed by atoms with E-state index in [4.69, 9.17) is 15.9 Å². The number of guanidine groups is 1. The number of ether oxygens (including phenoxy) is 1. The fraction of sp³-hybridized carbons (Fsp3) is 0.240. The van der Waals surface area contributed by atoms with Gasteiger partial charge in [-0.05, 0) is 36.8 Å². The van der Waals surface area contributed by atoms with Crippen LogP contribution >= 0.6 is 0 Å². The van der Waals surface area contributed by atoms with E-state index >= 15 is 0 Å². The summed E-state index contributed by atoms with van der Waals surface area (Å²) in [6, 6.07) is 16.6. The minimum atomic E-state index is -1.08. The van der Waals surface area contributed by atoms with Crippen molar-refractivity contribution in [3.8, 4) is 11.1 Å². The number of aliphatic imine (C=N–C) groups is 1. The quantitative estimate of drug-likeness (QED) is 0.236. The molecule has 1 amide bonds. The van der Waals surface area contributed by atoms with Gasteiger partial charge in [0.2, 0.25) is 0 Å². The molecule has 4 atom stereocenters. The standard InChI is InChI=1S/C25H27N7O4/c1-14-20(33)21(34)24(36-14)32-12-18(15-5-3-2-4-6-15)19-11-31(13-28-22(19)32)30-17-9-7-16(8-10-17)23(35)29-25(26)27/h2-10,12-14,20-21,24,30,33-34H,11H2,1H3,(H4,26,27,29,35)/t14-,20-,21-,24-/m1/s1. The molecule has 1 aromatic heterocycles. The maximum Gasteiger partial charge on any atom is 0.257 e. The Morgan fingerprint density at radius 1 is 1.14 bits per heavy atom. The average molecular weight is 490 g/mol. The lowest BCUT2D eigenvalue weighted by atomic mass is 10.0. The van der Waals surface area contributed by atoms with Gasteiger partial charge in [0.25, 0.3) is 5.91 Å². The molecule has 0 saturated carbocycles. The first-order chi connectivity index (χ1) is 17.3. The summed E-state index contributed by atoms with van der Waals surface area (Å²) >= 11 is 0. The fourth-order valence-electron chi connectivity index (χ4n) is 4.43. The second-order valence-electron chi connectivity index (χ2n) is 8.76. The van der Waals surface area contributed by atoms with Crippen LogP contribution in [0.4, 0.5) is 11.5 Å². The molecular formula is C25H27N7O4. The lowest BCUT2D eigenvalue weighted by Crippen LogP contribution is -2.35. The second kappa shape index (κ2) is 9.46. The summed E-state index contributed by atoms with van der Waals surface area (Å²) in [5.74, 6) is -0.223. The number of carbonyl (C=O) groups is 1. The largest absolute Gasteiger partial charge is 0.388 e. The van der Waals surface area contributed by atoms with Gasteiger partial charge >= 0.3 is 0 Å². The van der Waals surface area contributed by atoms with Crippen molar-refractivity contribution in [2.75, 3.05) is 5.43 Å². The highest BCUT2D eigenvalue weighted by Crippen LogP contribution is 2.41. The van der Waals surface area contributed by atoms with Crippen molar-refractivity contribution < 1.29 is 19.7 Å². The molecule has 1 fully saturated rings. The van der Waals surface area contributed by atoms with Crippen molar-refractivity contribution in [1.29, 1.82) is 5.41 Å². The van der Waals surface area contributed by atoms with Gasteiger partial charge in [-0.25, -0.2) is 4.99 Å². The van der Waals surface area contributed by atoms with Gasteiger partial charge in [-0.1, -0.05) is 30.3 Å². The number of hydrogen-bond acceptors (Lipinski definition) is 8. The minimum absolute atomic E-state index is 0.375. The Bertz CT molecular complexity index is 1310. The van der Waals surface area contributed by atoms with Crippen LogP contribution in [0.25, 0.3) is 11.1 Å². The lowest BCUT2D eigenvalue weighted by Gasteiger charge is -2.26. The van der Waals surface area contributed by atoms with E-state index in [0.29, 0.717) is 17.9 Å². The maximum absolute atomic E-state index is 12.0. The third-order valence-corrected chi connectivity index (χ3v) is 6.26. The molecule has 2 aliphatic heterocycles. The number of carbonyl (C=O) groups excluding carboxylic acids is 1. The number of benzene rings is 2. The Morgan fingerprint density at radius 2 is 1.86 bits per heavy atom. The molecule has 1 saturated heterocycles. The van der Waals surface area contributed by atoms with Crippen LogP contribution in [0, 0.1) is 5.41 Å². The fourth-order valence-corrected chi connectivity index (χ4v) is 4.43. The Morgan fingerprint density at radius 3 is 2.50 bits per heavy atom. The SMILES string of the molecule is C[C@H]1O[C@@H](n2cc(-c3ccccc3)c3c2N=CN(Nc2ccc(C(=O)NC(=N)N)cc2)C3)[C@H](O)[C@@H]1O. The molecule has 11 nitrogen and oxygen atoms in total. The van der Waals surface area contributed by atoms with Crippen LogP contribution in [0.5, 0.6) is 0 Å². The molecule has 0 aliphatic carbocycles. The van der Waals surface area contributed by atoms with Crippen LogP contribution in [0.1, 0.15) is 29.1 Å². The van der Waals surface area contributed by atoms with E-state index in [0.717, 1.165) is 22.4 Å². The Balaban J connectivity index is 1.42. The van der Waals surface area contributed by atoms with E-state index in [-0.39, 0.29) is 0 Å². The average Bonchev–Trinajstić information content (AvgIpc) is 3.36. The van der Waals surface area contributed by atoms with Crippen molar-refractivity contribution in [3.05, 3.63) is 71.9 Å². The van der Waals surface area contributed by atoms with Gasteiger partial charge in [0.15, 0.2) is 12.2 Å². The summed E-state index contributed by atoms with van der Waals surface area (Å²) in [6.07, 6.45) is 0.221. The Labute approximate surface area is 207 Å². The molecule has 0 radical (unpaired) electrons. The van der Waals surface area contributed by atoms with Crippen LogP contribution in [0.3, 0.4) is 0 Å². The van der Waals surface area contributed by atoms with Gasteiger partial charge in [0.05, 0.1) is 18.3 Å². The first-order valence-corrected chi connectivity index (χ1v) is 11.5. The van der Waals surface area contributed by atoms with Crippen molar-refractivity contribution in [1.82, 2.24) is 14.9 Å². The van der Waals surface area contributed by atoms with Gasteiger partial charge < -0.3 is 25.3 Å². The molecule has 0 unspecified atom stereocenters. The summed E-state index contributed by atoms with van der Waals surface area (Å²) < 4.78 is 7.65. The first kappa shape index (κ1) is 23.5. The molecule has 3 aromatic rings. The van der Waals surface area contributed by atoms with Crippen LogP contribution < -0.4 is 16.5 Å². The van der Waals surface area contributed by atoms with Crippen molar-refractivity contribution in [2.24, 2.45) is 10.7 Å². The number of nitrogens with two attached hydrogens (primary N) is 1. The highest BCUT2D eigenvalue weighted by atomic mass is 16.6. The molecule has 3 heterocycles. The molecule has 5 rings (SSSR count). The zero-order chi connectivity index (χ0) is 25.4. The van der Waals surface area contributed by atoms with Gasteiger partial charge in [0.1, 0.15) is 24.4 Å². The van der Waals surface area contributed by atoms with E-state index in [1.807, 2.05) is 41.5 Å². The Kier molecular flexibility index (Phi) is 6.18. The van der Waals surface area contributed by atoms with Crippen molar-refractivity contribution in [3.63, 3.8) is 0 Å². The van der Waals surface area contributed by atoms with E-state index in [9.17, 15) is 15.0 Å². The number of hydrogen-bond donors (Lipinski definition) is 6. The molecule has 0 spiro atoms. The van der Waals surface area contributed by atoms with Gasteiger partial charge in [-0.2, -0.15) is 0 Å². The molecule has 2 aromatic carbocycles. The predicted molar refractivity (Wildman–Crippen MR) is 135 cm³/mol. The normalized spacial score (nSPS) is 22.8. The van der Waals surface area contributed by atoms with Crippen molar-refractivity contribution in [2.45, 2.75) is 38.0 Å². The Hall–Kier alpha value is -4.19. The monoisotopic (exact) mass is 489 g/mol. The number of aromatic nitrogens is 1. The number of amides is 1. The van der Waals surface area contributed by atoms with Gasteiger partial charge in [0, 0.05) is 22.9 Å². The lowest BCUT2D eigenvalue weighted by molar-refractivity contribution is -0.0308. The number of aliphatic hydroxyl groups excluding tert-OH is 2. The maximum atomic E-state index is 12.0. The molecule has 186 valence electrons. The number of nitrogens with one attached hydrogen (secondary N) is 3. The van der Waals surface area contributed by atoms with Crippen LogP contribution in [-0.2, 0) is 11.3 Å². The summed E-state index contributed by atoms with van der Waals surface area (Å²) in [6.45, 7) is 2.19. The third kappa shape index (κ3) is 4.42. The molecule has 36 heavy (non-hydrogen) atoms. The molecule has 0 bridgehead atoms. The minimum Gasteiger partial charge on any atom is -0.388 e. The predicted octanol–water partition coefficient (Wildman–Crippen LogP) is 1.92. The topological polar surface area (TPSA) is 161 Å². The molecule has 11 heteroatoms. The van der Waals surface area contributed by atoms with Crippen LogP contribution in [0.15, 0.2) is 65.8 Å². The summed E-state index contributed by atoms with van der Waals surface area (Å²) in [5, 5.41) is 32.1. The summed E-state index contributed by atoms with van der Waals surface area (Å²) in [4.78, 5) is 16.7. The number of fused-ring (bicyclic) bond motifs is 1. The zero-order valence-corrected chi connectivity index (χ0v) is 19.5. The van der Waals surface area contributed by atoms with Crippen molar-refractivity contribution >= 4 is 29.7 Å². The third-order valence-electron chi connectivity index (χ3n) is 6.26. The van der Waals surface area contributed by atoms with Gasteiger partial charge in [-0.15, -0.1) is 0 Å². The second-order valence-corrected chi connectivity index (χ2v) is 8.76. The number of aliphatic hydroxyl groups is 2. The molecule has 7 N–H and O–H groups in total. The molecular weight excluding hydrogens is 462 g/mol.